The summed E-state index contributed by atoms with van der Waals surface area (Å²) < 4.78 is 0. The van der Waals surface area contributed by atoms with Gasteiger partial charge in [-0.25, -0.2) is 0 Å². The van der Waals surface area contributed by atoms with Gasteiger partial charge in [-0.1, -0.05) is 27.2 Å². The molecule has 0 saturated heterocycles. The van der Waals surface area contributed by atoms with E-state index in [9.17, 15) is 14.9 Å². The van der Waals surface area contributed by atoms with Crippen LogP contribution >= 0.6 is 0 Å². The summed E-state index contributed by atoms with van der Waals surface area (Å²) in [6, 6.07) is 2.26. The number of carbonyl (C=O) groups excluding carboxylic acids is 2. The fraction of sp³-hybridized carbons (Fsp3) is 0.812. The Morgan fingerprint density at radius 3 is 2.67 bits per heavy atom. The molecule has 5 heteroatoms. The van der Waals surface area contributed by atoms with Crippen LogP contribution in [0.25, 0.3) is 0 Å². The first-order chi connectivity index (χ1) is 9.87. The van der Waals surface area contributed by atoms with E-state index >= 15 is 0 Å². The van der Waals surface area contributed by atoms with Crippen LogP contribution in [0.15, 0.2) is 0 Å². The largest absolute Gasteiger partial charge is 0.347 e. The second-order valence-corrected chi connectivity index (χ2v) is 6.65. The van der Waals surface area contributed by atoms with Crippen LogP contribution < -0.4 is 10.6 Å². The van der Waals surface area contributed by atoms with Crippen molar-refractivity contribution < 1.29 is 9.59 Å². The molecule has 0 heterocycles. The predicted molar refractivity (Wildman–Crippen MR) is 81.2 cm³/mol. The van der Waals surface area contributed by atoms with Gasteiger partial charge in [0.05, 0.1) is 12.6 Å². The van der Waals surface area contributed by atoms with Gasteiger partial charge in [-0.15, -0.1) is 0 Å². The average molecular weight is 293 g/mol. The SMILES string of the molecule is CC(C)CCC(=O)NCC(=O)N[C@]1(C#N)CCC[C@H](C)C1. The zero-order valence-electron chi connectivity index (χ0n) is 13.4. The molecule has 0 bridgehead atoms. The maximum atomic E-state index is 11.9. The van der Waals surface area contributed by atoms with Crippen molar-refractivity contribution >= 4 is 11.8 Å². The number of rotatable bonds is 6. The normalized spacial score (nSPS) is 25.2. The lowest BCUT2D eigenvalue weighted by molar-refractivity contribution is -0.127. The summed E-state index contributed by atoms with van der Waals surface area (Å²) in [4.78, 5) is 23.5. The van der Waals surface area contributed by atoms with Gasteiger partial charge in [0.25, 0.3) is 0 Å². The van der Waals surface area contributed by atoms with Gasteiger partial charge in [-0.05, 0) is 37.5 Å². The first-order valence-corrected chi connectivity index (χ1v) is 7.86. The van der Waals surface area contributed by atoms with E-state index in [1.54, 1.807) is 0 Å². The Labute approximate surface area is 127 Å². The minimum Gasteiger partial charge on any atom is -0.347 e. The molecule has 0 aliphatic heterocycles. The Morgan fingerprint density at radius 1 is 1.38 bits per heavy atom. The second kappa shape index (κ2) is 8.02. The number of carbonyl (C=O) groups is 2. The van der Waals surface area contributed by atoms with Gasteiger partial charge in [0.2, 0.25) is 11.8 Å². The Morgan fingerprint density at radius 2 is 2.10 bits per heavy atom. The van der Waals surface area contributed by atoms with Gasteiger partial charge < -0.3 is 10.6 Å². The summed E-state index contributed by atoms with van der Waals surface area (Å²) in [5, 5.41) is 14.8. The second-order valence-electron chi connectivity index (χ2n) is 6.65. The van der Waals surface area contributed by atoms with Crippen molar-refractivity contribution in [2.24, 2.45) is 11.8 Å². The van der Waals surface area contributed by atoms with E-state index in [-0.39, 0.29) is 18.4 Å². The van der Waals surface area contributed by atoms with Crippen LogP contribution in [0.2, 0.25) is 0 Å². The quantitative estimate of drug-likeness (QED) is 0.787. The summed E-state index contributed by atoms with van der Waals surface area (Å²) in [5.74, 6) is 0.528. The van der Waals surface area contributed by atoms with Gasteiger partial charge in [-0.3, -0.25) is 9.59 Å². The molecule has 5 nitrogen and oxygen atoms in total. The summed E-state index contributed by atoms with van der Waals surface area (Å²) in [5.41, 5.74) is -0.753. The first kappa shape index (κ1) is 17.5. The van der Waals surface area contributed by atoms with E-state index in [0.29, 0.717) is 31.1 Å². The predicted octanol–water partition coefficient (Wildman–Crippen LogP) is 2.13. The zero-order chi connectivity index (χ0) is 15.9. The van der Waals surface area contributed by atoms with E-state index in [1.165, 1.54) is 0 Å². The molecule has 2 amide bonds. The Balaban J connectivity index is 2.38. The van der Waals surface area contributed by atoms with Crippen LogP contribution in [0.1, 0.15) is 59.3 Å². The molecule has 0 aromatic carbocycles. The number of nitrogens with one attached hydrogen (secondary N) is 2. The van der Waals surface area contributed by atoms with Crippen LogP contribution in [0.4, 0.5) is 0 Å². The van der Waals surface area contributed by atoms with Crippen molar-refractivity contribution in [3.05, 3.63) is 0 Å². The number of amides is 2. The Bertz CT molecular complexity index is 414. The molecule has 2 atom stereocenters. The molecule has 118 valence electrons. The Hall–Kier alpha value is -1.57. The molecule has 1 aliphatic carbocycles. The molecule has 21 heavy (non-hydrogen) atoms. The molecule has 2 N–H and O–H groups in total. The molecule has 0 unspecified atom stereocenters. The van der Waals surface area contributed by atoms with Gasteiger partial charge >= 0.3 is 0 Å². The molecule has 1 saturated carbocycles. The molecular formula is C16H27N3O2. The van der Waals surface area contributed by atoms with Crippen molar-refractivity contribution in [3.63, 3.8) is 0 Å². The van der Waals surface area contributed by atoms with Gasteiger partial charge in [0.1, 0.15) is 5.54 Å². The fourth-order valence-corrected chi connectivity index (χ4v) is 2.79. The van der Waals surface area contributed by atoms with E-state index in [2.05, 4.69) is 37.5 Å². The van der Waals surface area contributed by atoms with E-state index < -0.39 is 5.54 Å². The summed E-state index contributed by atoms with van der Waals surface area (Å²) in [6.07, 6.45) is 4.69. The molecule has 1 rings (SSSR count). The Kier molecular flexibility index (Phi) is 6.67. The third kappa shape index (κ3) is 6.16. The molecule has 0 radical (unpaired) electrons. The molecular weight excluding hydrogens is 266 g/mol. The monoisotopic (exact) mass is 293 g/mol. The lowest BCUT2D eigenvalue weighted by Crippen LogP contribution is -2.52. The molecule has 0 aromatic heterocycles. The molecule has 0 spiro atoms. The van der Waals surface area contributed by atoms with Crippen molar-refractivity contribution in [1.82, 2.24) is 10.6 Å². The first-order valence-electron chi connectivity index (χ1n) is 7.86. The van der Waals surface area contributed by atoms with Crippen LogP contribution in [-0.2, 0) is 9.59 Å². The van der Waals surface area contributed by atoms with Gasteiger partial charge in [0, 0.05) is 6.42 Å². The highest BCUT2D eigenvalue weighted by Gasteiger charge is 2.36. The maximum Gasteiger partial charge on any atom is 0.240 e. The molecule has 1 aliphatic rings. The fourth-order valence-electron chi connectivity index (χ4n) is 2.79. The molecule has 1 fully saturated rings. The van der Waals surface area contributed by atoms with Crippen molar-refractivity contribution in [2.75, 3.05) is 6.54 Å². The summed E-state index contributed by atoms with van der Waals surface area (Å²) in [7, 11) is 0. The van der Waals surface area contributed by atoms with Crippen molar-refractivity contribution in [3.8, 4) is 6.07 Å². The smallest absolute Gasteiger partial charge is 0.240 e. The van der Waals surface area contributed by atoms with Crippen LogP contribution in [-0.4, -0.2) is 23.9 Å². The third-order valence-corrected chi connectivity index (χ3v) is 3.98. The highest BCUT2D eigenvalue weighted by molar-refractivity contribution is 5.85. The van der Waals surface area contributed by atoms with Crippen LogP contribution in [0.5, 0.6) is 0 Å². The topological polar surface area (TPSA) is 82.0 Å². The highest BCUT2D eigenvalue weighted by atomic mass is 16.2. The third-order valence-electron chi connectivity index (χ3n) is 3.98. The van der Waals surface area contributed by atoms with Crippen LogP contribution in [0, 0.1) is 23.2 Å². The number of hydrogen-bond donors (Lipinski definition) is 2. The average Bonchev–Trinajstić information content (AvgIpc) is 2.43. The standard InChI is InChI=1S/C16H27N3O2/c1-12(2)6-7-14(20)18-10-15(21)19-16(11-17)8-4-5-13(3)9-16/h12-13H,4-10H2,1-3H3,(H,18,20)(H,19,21)/t13-,16+/m0/s1. The minimum atomic E-state index is -0.753. The van der Waals surface area contributed by atoms with E-state index in [4.69, 9.17) is 0 Å². The number of nitrogens with zero attached hydrogens (tertiary/aromatic N) is 1. The highest BCUT2D eigenvalue weighted by Crippen LogP contribution is 2.31. The van der Waals surface area contributed by atoms with E-state index in [1.807, 2.05) is 0 Å². The summed E-state index contributed by atoms with van der Waals surface area (Å²) in [6.45, 7) is 6.17. The van der Waals surface area contributed by atoms with Gasteiger partial charge in [0.15, 0.2) is 0 Å². The minimum absolute atomic E-state index is 0.0469. The maximum absolute atomic E-state index is 11.9. The van der Waals surface area contributed by atoms with Crippen LogP contribution in [0.3, 0.4) is 0 Å². The number of nitriles is 1. The summed E-state index contributed by atoms with van der Waals surface area (Å²) >= 11 is 0. The lowest BCUT2D eigenvalue weighted by atomic mass is 9.77. The lowest BCUT2D eigenvalue weighted by Gasteiger charge is -2.35. The van der Waals surface area contributed by atoms with Crippen molar-refractivity contribution in [2.45, 2.75) is 64.8 Å². The zero-order valence-corrected chi connectivity index (χ0v) is 13.4. The van der Waals surface area contributed by atoms with E-state index in [0.717, 1.165) is 19.3 Å². The number of hydrogen-bond acceptors (Lipinski definition) is 3. The van der Waals surface area contributed by atoms with Gasteiger partial charge in [-0.2, -0.15) is 5.26 Å². The van der Waals surface area contributed by atoms with Crippen molar-refractivity contribution in [1.29, 1.82) is 5.26 Å². The molecule has 0 aromatic rings.